The van der Waals surface area contributed by atoms with Crippen LogP contribution in [0.4, 0.5) is 23.2 Å². The van der Waals surface area contributed by atoms with Gasteiger partial charge in [-0.15, -0.1) is 0 Å². The minimum atomic E-state index is -4.75. The van der Waals surface area contributed by atoms with Gasteiger partial charge in [0.1, 0.15) is 23.5 Å². The molecular weight excluding hydrogens is 596 g/mol. The summed E-state index contributed by atoms with van der Waals surface area (Å²) < 4.78 is 78.5. The second-order valence-electron chi connectivity index (χ2n) is 9.65. The lowest BCUT2D eigenvalue weighted by Crippen LogP contribution is -2.35. The van der Waals surface area contributed by atoms with Crippen molar-refractivity contribution in [1.82, 2.24) is 35.8 Å². The molecule has 0 radical (unpaired) electrons. The molecule has 0 spiro atoms. The molecule has 1 unspecified atom stereocenters. The summed E-state index contributed by atoms with van der Waals surface area (Å²) in [5.74, 6) is -3.32. The number of benzene rings is 2. The van der Waals surface area contributed by atoms with Gasteiger partial charge in [0.25, 0.3) is 11.8 Å². The van der Waals surface area contributed by atoms with E-state index in [1.54, 1.807) is 13.0 Å². The van der Waals surface area contributed by atoms with Crippen LogP contribution in [0.3, 0.4) is 0 Å². The standard InChI is InChI=1S/C26H22F4N8O4S/c1-13-7-14(3-6-17(13)27)10-31-23(39)18-9-19(33-12-32-18)24(40)34-20-11-38(43(2,41)42)21-8-15(4-5-16(20)21)22-35-25(37-36-22)26(28,29)30/h3-9,12,20H,10-11H2,1-2H3,(H,31,39)(H,34,40)(H,35,36,37). The first kappa shape index (κ1) is 29.6. The average Bonchev–Trinajstić information content (AvgIpc) is 3.59. The number of halogens is 4. The zero-order valence-electron chi connectivity index (χ0n) is 22.4. The summed E-state index contributed by atoms with van der Waals surface area (Å²) in [6.07, 6.45) is -2.78. The largest absolute Gasteiger partial charge is 0.451 e. The number of aryl methyl sites for hydroxylation is 1. The van der Waals surface area contributed by atoms with Crippen LogP contribution < -0.4 is 14.9 Å². The number of aromatic nitrogens is 5. The fraction of sp³-hybridized carbons (Fsp3) is 0.231. The highest BCUT2D eigenvalue weighted by atomic mass is 32.2. The number of sulfonamides is 1. The molecule has 0 saturated carbocycles. The van der Waals surface area contributed by atoms with Crippen LogP contribution in [0, 0.1) is 12.7 Å². The van der Waals surface area contributed by atoms with Crippen molar-refractivity contribution in [2.45, 2.75) is 25.7 Å². The Morgan fingerprint density at radius 2 is 1.79 bits per heavy atom. The molecule has 2 aromatic heterocycles. The normalized spacial score (nSPS) is 14.8. The molecule has 12 nitrogen and oxygen atoms in total. The van der Waals surface area contributed by atoms with E-state index in [1.165, 1.54) is 30.3 Å². The van der Waals surface area contributed by atoms with Gasteiger partial charge in [-0.1, -0.05) is 24.3 Å². The molecule has 0 bridgehead atoms. The van der Waals surface area contributed by atoms with E-state index in [9.17, 15) is 35.6 Å². The van der Waals surface area contributed by atoms with Crippen LogP contribution in [0.15, 0.2) is 48.8 Å². The van der Waals surface area contributed by atoms with E-state index in [1.807, 2.05) is 5.10 Å². The lowest BCUT2D eigenvalue weighted by Gasteiger charge is -2.17. The highest BCUT2D eigenvalue weighted by Crippen LogP contribution is 2.39. The quantitative estimate of drug-likeness (QED) is 0.266. The number of fused-ring (bicyclic) bond motifs is 1. The number of nitrogens with zero attached hydrogens (tertiary/aromatic N) is 5. The molecular formula is C26H22F4N8O4S. The van der Waals surface area contributed by atoms with Gasteiger partial charge >= 0.3 is 6.18 Å². The third-order valence-corrected chi connectivity index (χ3v) is 7.69. The van der Waals surface area contributed by atoms with E-state index in [0.29, 0.717) is 16.7 Å². The Hall–Kier alpha value is -4.93. The molecule has 17 heteroatoms. The first-order chi connectivity index (χ1) is 20.2. The highest BCUT2D eigenvalue weighted by Gasteiger charge is 2.37. The van der Waals surface area contributed by atoms with Gasteiger partial charge in [0.05, 0.1) is 24.5 Å². The molecule has 4 aromatic rings. The van der Waals surface area contributed by atoms with Crippen LogP contribution in [0.5, 0.6) is 0 Å². The topological polar surface area (TPSA) is 163 Å². The molecule has 3 N–H and O–H groups in total. The van der Waals surface area contributed by atoms with Crippen LogP contribution in [0.25, 0.3) is 11.4 Å². The first-order valence-corrected chi connectivity index (χ1v) is 14.3. The number of aromatic amines is 1. The molecule has 5 rings (SSSR count). The Morgan fingerprint density at radius 1 is 1.07 bits per heavy atom. The predicted octanol–water partition coefficient (Wildman–Crippen LogP) is 2.91. The van der Waals surface area contributed by atoms with Crippen LogP contribution in [-0.2, 0) is 22.7 Å². The predicted molar refractivity (Wildman–Crippen MR) is 144 cm³/mol. The summed E-state index contributed by atoms with van der Waals surface area (Å²) in [5, 5.41) is 10.7. The first-order valence-electron chi connectivity index (χ1n) is 12.5. The van der Waals surface area contributed by atoms with E-state index >= 15 is 0 Å². The highest BCUT2D eigenvalue weighted by molar-refractivity contribution is 7.92. The van der Waals surface area contributed by atoms with Crippen molar-refractivity contribution in [2.75, 3.05) is 17.1 Å². The van der Waals surface area contributed by atoms with Gasteiger partial charge in [0, 0.05) is 23.7 Å². The molecule has 224 valence electrons. The zero-order valence-corrected chi connectivity index (χ0v) is 23.2. The fourth-order valence-corrected chi connectivity index (χ4v) is 5.37. The summed E-state index contributed by atoms with van der Waals surface area (Å²) in [6.45, 7) is 1.47. The second-order valence-corrected chi connectivity index (χ2v) is 11.6. The van der Waals surface area contributed by atoms with Gasteiger partial charge in [-0.05, 0) is 30.2 Å². The Balaban J connectivity index is 1.34. The van der Waals surface area contributed by atoms with E-state index in [2.05, 4.69) is 30.7 Å². The number of hydrogen-bond donors (Lipinski definition) is 3. The van der Waals surface area contributed by atoms with Gasteiger partial charge in [-0.2, -0.15) is 18.3 Å². The third-order valence-electron chi connectivity index (χ3n) is 6.55. The number of amides is 2. The Labute approximate surface area is 241 Å². The van der Waals surface area contributed by atoms with Crippen molar-refractivity contribution in [1.29, 1.82) is 0 Å². The Morgan fingerprint density at radius 3 is 2.44 bits per heavy atom. The van der Waals surface area contributed by atoms with Gasteiger partial charge < -0.3 is 10.6 Å². The summed E-state index contributed by atoms with van der Waals surface area (Å²) in [4.78, 5) is 37.0. The second kappa shape index (κ2) is 11.0. The SMILES string of the molecule is Cc1cc(CNC(=O)c2cc(C(=O)NC3CN(S(C)(=O)=O)c4cc(-c5n[nH]c(C(F)(F)F)n5)ccc43)ncn2)ccc1F. The fourth-order valence-electron chi connectivity index (χ4n) is 4.44. The molecule has 2 aromatic carbocycles. The molecule has 1 aliphatic rings. The van der Waals surface area contributed by atoms with Crippen molar-refractivity contribution in [2.24, 2.45) is 0 Å². The van der Waals surface area contributed by atoms with Crippen molar-refractivity contribution in [3.8, 4) is 11.4 Å². The Bertz CT molecular complexity index is 1840. The summed E-state index contributed by atoms with van der Waals surface area (Å²) in [6, 6.07) is 8.88. The Kier molecular flexibility index (Phi) is 7.59. The molecule has 0 saturated heterocycles. The minimum Gasteiger partial charge on any atom is -0.347 e. The van der Waals surface area contributed by atoms with Crippen LogP contribution in [0.2, 0.25) is 0 Å². The van der Waals surface area contributed by atoms with Crippen LogP contribution in [-0.4, -0.2) is 58.2 Å². The molecule has 1 aliphatic heterocycles. The molecule has 0 fully saturated rings. The number of H-pyrrole nitrogens is 1. The summed E-state index contributed by atoms with van der Waals surface area (Å²) in [7, 11) is -3.86. The number of rotatable bonds is 7. The number of alkyl halides is 3. The third kappa shape index (κ3) is 6.30. The maximum absolute atomic E-state index is 13.5. The van der Waals surface area contributed by atoms with E-state index in [4.69, 9.17) is 0 Å². The minimum absolute atomic E-state index is 0.0823. The van der Waals surface area contributed by atoms with Crippen molar-refractivity contribution < 1.29 is 35.6 Å². The number of nitrogens with one attached hydrogen (secondary N) is 3. The van der Waals surface area contributed by atoms with E-state index in [-0.39, 0.29) is 47.4 Å². The lowest BCUT2D eigenvalue weighted by atomic mass is 10.1. The van der Waals surface area contributed by atoms with Crippen molar-refractivity contribution >= 4 is 27.5 Å². The summed E-state index contributed by atoms with van der Waals surface area (Å²) >= 11 is 0. The molecule has 2 amide bonds. The molecule has 0 aliphatic carbocycles. The number of carbonyl (C=O) groups excluding carboxylic acids is 2. The van der Waals surface area contributed by atoms with Crippen molar-refractivity contribution in [3.63, 3.8) is 0 Å². The number of hydrogen-bond acceptors (Lipinski definition) is 8. The molecule has 3 heterocycles. The van der Waals surface area contributed by atoms with E-state index in [0.717, 1.165) is 23.0 Å². The van der Waals surface area contributed by atoms with Gasteiger partial charge in [0.2, 0.25) is 15.8 Å². The van der Waals surface area contributed by atoms with Crippen LogP contribution >= 0.6 is 0 Å². The number of carbonyl (C=O) groups is 2. The molecule has 1 atom stereocenters. The zero-order chi connectivity index (χ0) is 31.1. The van der Waals surface area contributed by atoms with Crippen LogP contribution in [0.1, 0.15) is 49.5 Å². The summed E-state index contributed by atoms with van der Waals surface area (Å²) in [5.41, 5.74) is 1.40. The van der Waals surface area contributed by atoms with Gasteiger partial charge in [-0.3, -0.25) is 19.0 Å². The lowest BCUT2D eigenvalue weighted by molar-refractivity contribution is -0.144. The number of anilines is 1. The monoisotopic (exact) mass is 618 g/mol. The van der Waals surface area contributed by atoms with Crippen molar-refractivity contribution in [3.05, 3.63) is 88.5 Å². The average molecular weight is 619 g/mol. The molecule has 43 heavy (non-hydrogen) atoms. The maximum atomic E-state index is 13.5. The van der Waals surface area contributed by atoms with E-state index < -0.39 is 39.9 Å². The smallest absolute Gasteiger partial charge is 0.347 e. The maximum Gasteiger partial charge on any atom is 0.451 e. The van der Waals surface area contributed by atoms with Gasteiger partial charge in [-0.25, -0.2) is 27.8 Å². The van der Waals surface area contributed by atoms with Gasteiger partial charge in [0.15, 0.2) is 5.82 Å².